The molecule has 100 valence electrons. The fourth-order valence-corrected chi connectivity index (χ4v) is 2.02. The van der Waals surface area contributed by atoms with Gasteiger partial charge in [0, 0.05) is 23.8 Å². The summed E-state index contributed by atoms with van der Waals surface area (Å²) in [6.07, 6.45) is 2.31. The Hall–Kier alpha value is -1.80. The molecule has 2 rings (SSSR count). The number of nitro groups is 1. The number of nitriles is 1. The minimum Gasteiger partial charge on any atom is -0.486 e. The number of alkyl halides is 1. The second-order valence-electron chi connectivity index (χ2n) is 4.82. The van der Waals surface area contributed by atoms with E-state index in [4.69, 9.17) is 21.6 Å². The fourth-order valence-electron chi connectivity index (χ4n) is 1.86. The van der Waals surface area contributed by atoms with Crippen molar-refractivity contribution < 1.29 is 9.66 Å². The van der Waals surface area contributed by atoms with Crippen molar-refractivity contribution in [1.82, 2.24) is 0 Å². The molecule has 0 bridgehead atoms. The van der Waals surface area contributed by atoms with Crippen molar-refractivity contribution in [2.45, 2.75) is 25.1 Å². The second kappa shape index (κ2) is 5.45. The molecule has 1 saturated carbocycles. The van der Waals surface area contributed by atoms with Crippen LogP contribution in [0.1, 0.15) is 24.8 Å². The Kier molecular flexibility index (Phi) is 3.91. The van der Waals surface area contributed by atoms with Crippen LogP contribution in [-0.2, 0) is 5.88 Å². The minimum absolute atomic E-state index is 0.0779. The van der Waals surface area contributed by atoms with Crippen molar-refractivity contribution in [2.24, 2.45) is 5.41 Å². The lowest BCUT2D eigenvalue weighted by Gasteiger charge is -2.13. The lowest BCUT2D eigenvalue weighted by molar-refractivity contribution is -0.386. The molecule has 0 amide bonds. The lowest BCUT2D eigenvalue weighted by atomic mass is 10.1. The van der Waals surface area contributed by atoms with Gasteiger partial charge in [0.1, 0.15) is 0 Å². The summed E-state index contributed by atoms with van der Waals surface area (Å²) in [5, 5.41) is 19.7. The molecule has 0 aliphatic heterocycles. The molecule has 6 heteroatoms. The number of benzene rings is 1. The Bertz CT molecular complexity index is 535. The molecular weight excluding hydrogens is 268 g/mol. The molecule has 1 aromatic rings. The highest BCUT2D eigenvalue weighted by molar-refractivity contribution is 6.17. The van der Waals surface area contributed by atoms with Gasteiger partial charge in [-0.25, -0.2) is 0 Å². The van der Waals surface area contributed by atoms with E-state index in [1.807, 2.05) is 0 Å². The summed E-state index contributed by atoms with van der Waals surface area (Å²) in [5.41, 5.74) is 0.498. The third-order valence-corrected chi connectivity index (χ3v) is 3.63. The van der Waals surface area contributed by atoms with Gasteiger partial charge in [-0.1, -0.05) is 6.07 Å². The Balaban J connectivity index is 2.12. The van der Waals surface area contributed by atoms with Gasteiger partial charge in [-0.3, -0.25) is 10.1 Å². The molecule has 5 nitrogen and oxygen atoms in total. The largest absolute Gasteiger partial charge is 0.486 e. The highest BCUT2D eigenvalue weighted by Gasteiger charge is 2.43. The first-order valence-electron chi connectivity index (χ1n) is 5.93. The highest BCUT2D eigenvalue weighted by Crippen LogP contribution is 2.49. The van der Waals surface area contributed by atoms with E-state index in [0.717, 1.165) is 12.8 Å². The SMILES string of the molecule is N#CCC1(COc2ccc(CCl)cc2[N+](=O)[O-])CC1. The van der Waals surface area contributed by atoms with Gasteiger partial charge in [0.05, 0.1) is 17.6 Å². The molecule has 0 atom stereocenters. The highest BCUT2D eigenvalue weighted by atomic mass is 35.5. The maximum atomic E-state index is 11.0. The summed E-state index contributed by atoms with van der Waals surface area (Å²) < 4.78 is 5.54. The molecule has 19 heavy (non-hydrogen) atoms. The molecule has 0 N–H and O–H groups in total. The molecule has 0 heterocycles. The topological polar surface area (TPSA) is 76.2 Å². The number of hydrogen-bond acceptors (Lipinski definition) is 4. The normalized spacial score (nSPS) is 15.6. The van der Waals surface area contributed by atoms with E-state index in [-0.39, 0.29) is 22.7 Å². The van der Waals surface area contributed by atoms with Crippen LogP contribution >= 0.6 is 11.6 Å². The summed E-state index contributed by atoms with van der Waals surface area (Å²) in [6.45, 7) is 0.349. The molecule has 1 aliphatic carbocycles. The average molecular weight is 281 g/mol. The second-order valence-corrected chi connectivity index (χ2v) is 5.08. The van der Waals surface area contributed by atoms with Gasteiger partial charge in [-0.2, -0.15) is 5.26 Å². The molecular formula is C13H13ClN2O3. The third kappa shape index (κ3) is 3.15. The smallest absolute Gasteiger partial charge is 0.311 e. The van der Waals surface area contributed by atoms with Gasteiger partial charge in [0.2, 0.25) is 0 Å². The number of halogens is 1. The standard InChI is InChI=1S/C13H13ClN2O3/c14-8-10-1-2-12(11(7-10)16(17)18)19-9-13(3-4-13)5-6-15/h1-2,7H,3-5,8-9H2. The van der Waals surface area contributed by atoms with Gasteiger partial charge in [-0.15, -0.1) is 11.6 Å². The van der Waals surface area contributed by atoms with Crippen LogP contribution in [0.3, 0.4) is 0 Å². The summed E-state index contributed by atoms with van der Waals surface area (Å²) in [7, 11) is 0. The molecule has 1 fully saturated rings. The predicted octanol–water partition coefficient (Wildman–Crippen LogP) is 3.41. The number of rotatable bonds is 6. The van der Waals surface area contributed by atoms with E-state index in [1.54, 1.807) is 12.1 Å². The molecule has 0 spiro atoms. The third-order valence-electron chi connectivity index (χ3n) is 3.32. The van der Waals surface area contributed by atoms with Crippen LogP contribution in [-0.4, -0.2) is 11.5 Å². The van der Waals surface area contributed by atoms with Crippen molar-refractivity contribution in [1.29, 1.82) is 5.26 Å². The zero-order chi connectivity index (χ0) is 13.9. The van der Waals surface area contributed by atoms with Gasteiger partial charge in [-0.05, 0) is 24.5 Å². The van der Waals surface area contributed by atoms with E-state index in [2.05, 4.69) is 6.07 Å². The first-order chi connectivity index (χ1) is 9.10. The molecule has 0 aromatic heterocycles. The van der Waals surface area contributed by atoms with E-state index in [1.165, 1.54) is 6.07 Å². The van der Waals surface area contributed by atoms with Crippen molar-refractivity contribution in [3.05, 3.63) is 33.9 Å². The Morgan fingerprint density at radius 1 is 1.53 bits per heavy atom. The first kappa shape index (κ1) is 13.6. The van der Waals surface area contributed by atoms with Crippen LogP contribution in [0.2, 0.25) is 0 Å². The molecule has 1 aromatic carbocycles. The van der Waals surface area contributed by atoms with Crippen LogP contribution in [0, 0.1) is 26.9 Å². The van der Waals surface area contributed by atoms with E-state index in [9.17, 15) is 10.1 Å². The van der Waals surface area contributed by atoms with Gasteiger partial charge in [0.15, 0.2) is 5.75 Å². The van der Waals surface area contributed by atoms with Gasteiger partial charge < -0.3 is 4.74 Å². The quantitative estimate of drug-likeness (QED) is 0.454. The number of hydrogen-bond donors (Lipinski definition) is 0. The van der Waals surface area contributed by atoms with Crippen molar-refractivity contribution >= 4 is 17.3 Å². The fraction of sp³-hybridized carbons (Fsp3) is 0.462. The predicted molar refractivity (Wildman–Crippen MR) is 70.0 cm³/mol. The summed E-state index contributed by atoms with van der Waals surface area (Å²) in [4.78, 5) is 10.5. The van der Waals surface area contributed by atoms with Gasteiger partial charge >= 0.3 is 5.69 Å². The average Bonchev–Trinajstić information content (AvgIpc) is 3.17. The van der Waals surface area contributed by atoms with Gasteiger partial charge in [0.25, 0.3) is 0 Å². The number of nitrogens with zero attached hydrogens (tertiary/aromatic N) is 2. The zero-order valence-corrected chi connectivity index (χ0v) is 11.0. The summed E-state index contributed by atoms with van der Waals surface area (Å²) in [6, 6.07) is 6.83. The summed E-state index contributed by atoms with van der Waals surface area (Å²) in [5.74, 6) is 0.461. The van der Waals surface area contributed by atoms with Crippen molar-refractivity contribution in [3.63, 3.8) is 0 Å². The monoisotopic (exact) mass is 280 g/mol. The Morgan fingerprint density at radius 2 is 2.26 bits per heavy atom. The van der Waals surface area contributed by atoms with E-state index in [0.29, 0.717) is 18.6 Å². The van der Waals surface area contributed by atoms with E-state index >= 15 is 0 Å². The lowest BCUT2D eigenvalue weighted by Crippen LogP contribution is -2.13. The maximum absolute atomic E-state index is 11.0. The molecule has 0 radical (unpaired) electrons. The molecule has 0 unspecified atom stereocenters. The minimum atomic E-state index is -0.477. The van der Waals surface area contributed by atoms with Crippen LogP contribution < -0.4 is 4.74 Å². The zero-order valence-electron chi connectivity index (χ0n) is 10.3. The van der Waals surface area contributed by atoms with Crippen LogP contribution in [0.4, 0.5) is 5.69 Å². The van der Waals surface area contributed by atoms with Crippen LogP contribution in [0.25, 0.3) is 0 Å². The number of nitro benzene ring substituents is 1. The van der Waals surface area contributed by atoms with Crippen molar-refractivity contribution in [2.75, 3.05) is 6.61 Å². The first-order valence-corrected chi connectivity index (χ1v) is 6.47. The van der Waals surface area contributed by atoms with Crippen LogP contribution in [0.5, 0.6) is 5.75 Å². The molecule has 1 aliphatic rings. The maximum Gasteiger partial charge on any atom is 0.311 e. The van der Waals surface area contributed by atoms with Crippen molar-refractivity contribution in [3.8, 4) is 11.8 Å². The van der Waals surface area contributed by atoms with E-state index < -0.39 is 4.92 Å². The Labute approximate surface area is 115 Å². The van der Waals surface area contributed by atoms with Crippen LogP contribution in [0.15, 0.2) is 18.2 Å². The summed E-state index contributed by atoms with van der Waals surface area (Å²) >= 11 is 5.66. The molecule has 0 saturated heterocycles. The number of ether oxygens (including phenoxy) is 1. The Morgan fingerprint density at radius 3 is 2.79 bits per heavy atom.